The van der Waals surface area contributed by atoms with E-state index in [-0.39, 0.29) is 0 Å². The summed E-state index contributed by atoms with van der Waals surface area (Å²) in [6, 6.07) is 16.2. The van der Waals surface area contributed by atoms with Crippen LogP contribution in [0.2, 0.25) is 0 Å². The van der Waals surface area contributed by atoms with Crippen LogP contribution in [0.1, 0.15) is 11.1 Å². The van der Waals surface area contributed by atoms with Crippen molar-refractivity contribution in [2.24, 2.45) is 0 Å². The van der Waals surface area contributed by atoms with E-state index in [1.807, 2.05) is 30.3 Å². The average Bonchev–Trinajstić information content (AvgIpc) is 2.98. The third-order valence-electron chi connectivity index (χ3n) is 3.17. The number of nitrogens with zero attached hydrogens (tertiary/aromatic N) is 1. The highest BCUT2D eigenvalue weighted by Crippen LogP contribution is 2.28. The minimum atomic E-state index is -1.58. The van der Waals surface area contributed by atoms with Gasteiger partial charge in [0, 0.05) is 5.69 Å². The Hall–Kier alpha value is -2.28. The van der Waals surface area contributed by atoms with E-state index >= 15 is 0 Å². The maximum absolute atomic E-state index is 12.0. The maximum Gasteiger partial charge on any atom is 0.256 e. The molecule has 1 heterocycles. The molecule has 0 fully saturated rings. The van der Waals surface area contributed by atoms with Crippen molar-refractivity contribution in [2.45, 2.75) is 12.2 Å². The fourth-order valence-electron chi connectivity index (χ4n) is 2.03. The van der Waals surface area contributed by atoms with Crippen molar-refractivity contribution in [1.29, 1.82) is 0 Å². The summed E-state index contributed by atoms with van der Waals surface area (Å²) in [6.45, 7) is 0. The molecule has 2 aromatic carbocycles. The quantitative estimate of drug-likeness (QED) is 0.690. The van der Waals surface area contributed by atoms with Crippen LogP contribution in [0.15, 0.2) is 54.6 Å². The van der Waals surface area contributed by atoms with Gasteiger partial charge in [0.15, 0.2) is 6.10 Å². The van der Waals surface area contributed by atoms with Crippen LogP contribution in [0, 0.1) is 0 Å². The van der Waals surface area contributed by atoms with E-state index in [4.69, 9.17) is 0 Å². The molecule has 1 amide bonds. The van der Waals surface area contributed by atoms with E-state index in [0.717, 1.165) is 10.2 Å². The Balaban J connectivity index is 1.75. The Morgan fingerprint density at radius 1 is 1.05 bits per heavy atom. The van der Waals surface area contributed by atoms with Gasteiger partial charge in [-0.05, 0) is 24.3 Å². The fraction of sp³-hybridized carbons (Fsp3) is 0.125. The van der Waals surface area contributed by atoms with E-state index in [0.29, 0.717) is 10.7 Å². The zero-order valence-electron chi connectivity index (χ0n) is 11.5. The van der Waals surface area contributed by atoms with E-state index in [1.54, 1.807) is 24.3 Å². The zero-order chi connectivity index (χ0) is 15.5. The van der Waals surface area contributed by atoms with E-state index in [1.165, 1.54) is 11.3 Å². The van der Waals surface area contributed by atoms with Crippen LogP contribution in [-0.4, -0.2) is 27.2 Å². The molecule has 5 nitrogen and oxygen atoms in total. The van der Waals surface area contributed by atoms with Crippen molar-refractivity contribution in [3.63, 3.8) is 0 Å². The molecule has 112 valence electrons. The molecule has 3 aromatic rings. The Labute approximate surface area is 130 Å². The molecule has 3 rings (SSSR count). The van der Waals surface area contributed by atoms with Crippen LogP contribution in [0.25, 0.3) is 10.2 Å². The predicted molar refractivity (Wildman–Crippen MR) is 85.7 cm³/mol. The van der Waals surface area contributed by atoms with Crippen LogP contribution in [0.4, 0.5) is 5.69 Å². The molecule has 22 heavy (non-hydrogen) atoms. The Kier molecular flexibility index (Phi) is 4.15. The highest BCUT2D eigenvalue weighted by molar-refractivity contribution is 7.18. The molecule has 0 spiro atoms. The highest BCUT2D eigenvalue weighted by atomic mass is 32.1. The molecule has 2 atom stereocenters. The number of anilines is 1. The molecule has 3 N–H and O–H groups in total. The first-order chi connectivity index (χ1) is 10.6. The number of carbonyl (C=O) groups is 1. The molecule has 2 unspecified atom stereocenters. The molecular weight excluding hydrogens is 300 g/mol. The molecule has 0 bridgehead atoms. The number of benzene rings is 2. The van der Waals surface area contributed by atoms with Gasteiger partial charge < -0.3 is 15.5 Å². The first-order valence-electron chi connectivity index (χ1n) is 6.72. The Morgan fingerprint density at radius 2 is 1.73 bits per heavy atom. The number of nitrogens with one attached hydrogen (secondary N) is 1. The fourth-order valence-corrected chi connectivity index (χ4v) is 3.02. The summed E-state index contributed by atoms with van der Waals surface area (Å²) in [5.41, 5.74) is 1.29. The molecule has 0 saturated carbocycles. The lowest BCUT2D eigenvalue weighted by Crippen LogP contribution is -2.33. The highest BCUT2D eigenvalue weighted by Gasteiger charge is 2.28. The second-order valence-corrected chi connectivity index (χ2v) is 5.83. The number of fused-ring (bicyclic) bond motifs is 1. The number of aliphatic hydroxyl groups is 2. The first kappa shape index (κ1) is 14.6. The van der Waals surface area contributed by atoms with Crippen molar-refractivity contribution >= 4 is 33.1 Å². The van der Waals surface area contributed by atoms with Gasteiger partial charge in [-0.1, -0.05) is 30.3 Å². The summed E-state index contributed by atoms with van der Waals surface area (Å²) in [4.78, 5) is 16.2. The summed E-state index contributed by atoms with van der Waals surface area (Å²) >= 11 is 1.26. The third kappa shape index (κ3) is 2.99. The number of para-hydroxylation sites is 2. The van der Waals surface area contributed by atoms with Gasteiger partial charge in [0.25, 0.3) is 5.91 Å². The molecule has 1 aromatic heterocycles. The standard InChI is InChI=1S/C16H14N2O3S/c19-13(15(21)17-10-6-2-1-3-7-10)14(20)16-18-11-8-4-5-9-12(11)22-16/h1-9,13-14,19-20H,(H,17,21). The zero-order valence-corrected chi connectivity index (χ0v) is 12.3. The third-order valence-corrected chi connectivity index (χ3v) is 4.28. The lowest BCUT2D eigenvalue weighted by molar-refractivity contribution is -0.129. The van der Waals surface area contributed by atoms with Crippen LogP contribution in [0.3, 0.4) is 0 Å². The molecule has 0 aliphatic carbocycles. The normalized spacial score (nSPS) is 13.7. The van der Waals surface area contributed by atoms with E-state index in [9.17, 15) is 15.0 Å². The molecular formula is C16H14N2O3S. The second-order valence-electron chi connectivity index (χ2n) is 4.76. The van der Waals surface area contributed by atoms with Gasteiger partial charge in [0.1, 0.15) is 11.1 Å². The van der Waals surface area contributed by atoms with Crippen molar-refractivity contribution in [2.75, 3.05) is 5.32 Å². The average molecular weight is 314 g/mol. The van der Waals surface area contributed by atoms with Crippen LogP contribution >= 0.6 is 11.3 Å². The molecule has 0 radical (unpaired) electrons. The van der Waals surface area contributed by atoms with Crippen LogP contribution in [0.5, 0.6) is 0 Å². The minimum Gasteiger partial charge on any atom is -0.383 e. The van der Waals surface area contributed by atoms with E-state index < -0.39 is 18.1 Å². The topological polar surface area (TPSA) is 82.5 Å². The lowest BCUT2D eigenvalue weighted by atomic mass is 10.2. The molecule has 6 heteroatoms. The molecule has 0 aliphatic heterocycles. The van der Waals surface area contributed by atoms with Crippen molar-refractivity contribution in [1.82, 2.24) is 4.98 Å². The first-order valence-corrected chi connectivity index (χ1v) is 7.54. The van der Waals surface area contributed by atoms with Gasteiger partial charge in [0.2, 0.25) is 0 Å². The maximum atomic E-state index is 12.0. The van der Waals surface area contributed by atoms with Crippen LogP contribution in [-0.2, 0) is 4.79 Å². The number of aliphatic hydroxyl groups excluding tert-OH is 2. The van der Waals surface area contributed by atoms with Crippen molar-refractivity contribution in [3.8, 4) is 0 Å². The number of carbonyl (C=O) groups excluding carboxylic acids is 1. The number of amides is 1. The van der Waals surface area contributed by atoms with Gasteiger partial charge in [-0.3, -0.25) is 4.79 Å². The monoisotopic (exact) mass is 314 g/mol. The minimum absolute atomic E-state index is 0.317. The van der Waals surface area contributed by atoms with Crippen molar-refractivity contribution in [3.05, 3.63) is 59.6 Å². The summed E-state index contributed by atoms with van der Waals surface area (Å²) in [7, 11) is 0. The molecule has 0 saturated heterocycles. The number of hydrogen-bond donors (Lipinski definition) is 3. The Bertz CT molecular complexity index is 755. The SMILES string of the molecule is O=C(Nc1ccccc1)C(O)C(O)c1nc2ccccc2s1. The van der Waals surface area contributed by atoms with Gasteiger partial charge in [-0.15, -0.1) is 11.3 Å². The summed E-state index contributed by atoms with van der Waals surface area (Å²) in [5, 5.41) is 23.1. The number of aromatic nitrogens is 1. The number of hydrogen-bond acceptors (Lipinski definition) is 5. The largest absolute Gasteiger partial charge is 0.383 e. The number of thiazole rings is 1. The van der Waals surface area contributed by atoms with Gasteiger partial charge in [0.05, 0.1) is 10.2 Å². The van der Waals surface area contributed by atoms with E-state index in [2.05, 4.69) is 10.3 Å². The van der Waals surface area contributed by atoms with Crippen molar-refractivity contribution < 1.29 is 15.0 Å². The lowest BCUT2D eigenvalue weighted by Gasteiger charge is -2.15. The predicted octanol–water partition coefficient (Wildman–Crippen LogP) is 2.33. The second kappa shape index (κ2) is 6.23. The van der Waals surface area contributed by atoms with Gasteiger partial charge in [-0.25, -0.2) is 4.98 Å². The molecule has 0 aliphatic rings. The summed E-state index contributed by atoms with van der Waals surface area (Å²) < 4.78 is 0.896. The number of rotatable bonds is 4. The van der Waals surface area contributed by atoms with Crippen LogP contribution < -0.4 is 5.32 Å². The summed E-state index contributed by atoms with van der Waals surface area (Å²) in [6.07, 6.45) is -2.94. The smallest absolute Gasteiger partial charge is 0.256 e. The Morgan fingerprint density at radius 3 is 2.45 bits per heavy atom. The van der Waals surface area contributed by atoms with Gasteiger partial charge >= 0.3 is 0 Å². The van der Waals surface area contributed by atoms with Gasteiger partial charge in [-0.2, -0.15) is 0 Å². The summed E-state index contributed by atoms with van der Waals surface area (Å²) in [5.74, 6) is -0.669.